The zero-order valence-corrected chi connectivity index (χ0v) is 17.4. The molecule has 2 aromatic rings. The van der Waals surface area contributed by atoms with Crippen molar-refractivity contribution < 1.29 is 18.4 Å². The molecule has 1 amide bonds. The highest BCUT2D eigenvalue weighted by Crippen LogP contribution is 2.44. The van der Waals surface area contributed by atoms with E-state index in [1.54, 1.807) is 23.7 Å². The number of nitrogens with zero attached hydrogens (tertiary/aromatic N) is 1. The smallest absolute Gasteiger partial charge is 0.263 e. The second-order valence-corrected chi connectivity index (χ2v) is 10.8. The Bertz CT molecular complexity index is 918. The Hall–Kier alpha value is -1.87. The number of sulfonamides is 1. The van der Waals surface area contributed by atoms with Crippen LogP contribution in [0.2, 0.25) is 0 Å². The summed E-state index contributed by atoms with van der Waals surface area (Å²) in [4.78, 5) is 12.8. The molecule has 2 unspecified atom stereocenters. The van der Waals surface area contributed by atoms with Gasteiger partial charge in [-0.2, -0.15) is 16.1 Å². The molecule has 150 valence electrons. The molecule has 6 nitrogen and oxygen atoms in total. The summed E-state index contributed by atoms with van der Waals surface area (Å²) in [6, 6.07) is 15.8. The maximum atomic E-state index is 13.7. The fourth-order valence-corrected chi connectivity index (χ4v) is 6.88. The number of benzene rings is 2. The van der Waals surface area contributed by atoms with Crippen molar-refractivity contribution in [3.8, 4) is 0 Å². The Morgan fingerprint density at radius 3 is 2.25 bits per heavy atom. The molecule has 1 fully saturated rings. The molecule has 28 heavy (non-hydrogen) atoms. The predicted octanol–water partition coefficient (Wildman–Crippen LogP) is 3.21. The lowest BCUT2D eigenvalue weighted by molar-refractivity contribution is -0.134. The molecular formula is C20H24N2O4S2. The van der Waals surface area contributed by atoms with Gasteiger partial charge in [0.25, 0.3) is 5.91 Å². The van der Waals surface area contributed by atoms with Crippen molar-refractivity contribution >= 4 is 27.7 Å². The second kappa shape index (κ2) is 8.24. The molecule has 1 heterocycles. The molecule has 0 aromatic heterocycles. The topological polar surface area (TPSA) is 86.7 Å². The van der Waals surface area contributed by atoms with Crippen LogP contribution >= 0.6 is 11.8 Å². The summed E-state index contributed by atoms with van der Waals surface area (Å²) < 4.78 is 27.9. The van der Waals surface area contributed by atoms with Gasteiger partial charge in [-0.1, -0.05) is 48.5 Å². The van der Waals surface area contributed by atoms with E-state index in [-0.39, 0.29) is 4.90 Å². The van der Waals surface area contributed by atoms with Gasteiger partial charge in [0.2, 0.25) is 10.0 Å². The minimum atomic E-state index is -4.01. The van der Waals surface area contributed by atoms with Crippen LogP contribution in [0, 0.1) is 0 Å². The molecule has 2 atom stereocenters. The van der Waals surface area contributed by atoms with Gasteiger partial charge >= 0.3 is 0 Å². The Kier molecular flexibility index (Phi) is 6.14. The Morgan fingerprint density at radius 1 is 1.11 bits per heavy atom. The third-order valence-corrected chi connectivity index (χ3v) is 8.24. The largest absolute Gasteiger partial charge is 0.289 e. The highest BCUT2D eigenvalue weighted by atomic mass is 32.2. The molecule has 1 saturated heterocycles. The van der Waals surface area contributed by atoms with Crippen LogP contribution in [0.1, 0.15) is 31.9 Å². The first kappa shape index (κ1) is 20.9. The summed E-state index contributed by atoms with van der Waals surface area (Å²) in [5.41, 5.74) is 2.50. The maximum Gasteiger partial charge on any atom is 0.263 e. The lowest BCUT2D eigenvalue weighted by Gasteiger charge is -2.40. The normalized spacial score (nSPS) is 23.0. The van der Waals surface area contributed by atoms with E-state index in [4.69, 9.17) is 0 Å². The van der Waals surface area contributed by atoms with Crippen LogP contribution in [-0.4, -0.2) is 40.4 Å². The first-order valence-electron chi connectivity index (χ1n) is 9.00. The first-order valence-corrected chi connectivity index (χ1v) is 11.4. The van der Waals surface area contributed by atoms with Gasteiger partial charge in [0, 0.05) is 4.75 Å². The fourth-order valence-electron chi connectivity index (χ4n) is 3.63. The summed E-state index contributed by atoms with van der Waals surface area (Å²) in [5, 5.41) is 9.39. The zero-order chi connectivity index (χ0) is 20.4. The molecule has 2 N–H and O–H groups in total. The van der Waals surface area contributed by atoms with Crippen LogP contribution in [-0.2, 0) is 14.8 Å². The van der Waals surface area contributed by atoms with Crippen LogP contribution < -0.4 is 5.48 Å². The maximum absolute atomic E-state index is 13.7. The molecule has 3 rings (SSSR count). The van der Waals surface area contributed by atoms with E-state index < -0.39 is 32.8 Å². The Balaban J connectivity index is 2.24. The quantitative estimate of drug-likeness (QED) is 0.586. The van der Waals surface area contributed by atoms with Gasteiger partial charge in [-0.3, -0.25) is 10.0 Å². The average molecular weight is 421 g/mol. The number of carbonyl (C=O) groups is 1. The van der Waals surface area contributed by atoms with Gasteiger partial charge in [0.05, 0.1) is 10.9 Å². The predicted molar refractivity (Wildman–Crippen MR) is 110 cm³/mol. The zero-order valence-electron chi connectivity index (χ0n) is 15.8. The standard InChI is InChI=1S/C20H24N2O4S2/c1-20(2)18(19(23)21-24)22(28(25,26)16-11-7-4-8-12-16)17(13-14-27-20)15-9-5-3-6-10-15/h3-12,17-18,24H,13-14H2,1-2H3,(H,21,23). The summed E-state index contributed by atoms with van der Waals surface area (Å²) in [6.07, 6.45) is 0.555. The van der Waals surface area contributed by atoms with Crippen LogP contribution in [0.4, 0.5) is 0 Å². The second-order valence-electron chi connectivity index (χ2n) is 7.19. The van der Waals surface area contributed by atoms with Crippen molar-refractivity contribution in [3.63, 3.8) is 0 Å². The van der Waals surface area contributed by atoms with Crippen molar-refractivity contribution in [2.24, 2.45) is 0 Å². The summed E-state index contributed by atoms with van der Waals surface area (Å²) >= 11 is 1.53. The van der Waals surface area contributed by atoms with Gasteiger partial charge in [-0.05, 0) is 43.7 Å². The molecule has 0 spiro atoms. The van der Waals surface area contributed by atoms with E-state index in [9.17, 15) is 18.4 Å². The number of thioether (sulfide) groups is 1. The number of hydroxylamine groups is 1. The number of rotatable bonds is 4. The molecule has 1 aliphatic heterocycles. The van der Waals surface area contributed by atoms with E-state index >= 15 is 0 Å². The number of nitrogens with one attached hydrogen (secondary N) is 1. The fraction of sp³-hybridized carbons (Fsp3) is 0.350. The van der Waals surface area contributed by atoms with E-state index in [0.29, 0.717) is 12.2 Å². The van der Waals surface area contributed by atoms with Crippen molar-refractivity contribution in [3.05, 3.63) is 66.2 Å². The summed E-state index contributed by atoms with van der Waals surface area (Å²) in [7, 11) is -4.01. The van der Waals surface area contributed by atoms with Crippen LogP contribution in [0.15, 0.2) is 65.6 Å². The monoisotopic (exact) mass is 420 g/mol. The van der Waals surface area contributed by atoms with Crippen molar-refractivity contribution in [2.75, 3.05) is 5.75 Å². The third-order valence-electron chi connectivity index (χ3n) is 4.95. The van der Waals surface area contributed by atoms with Crippen molar-refractivity contribution in [2.45, 2.75) is 42.0 Å². The highest BCUT2D eigenvalue weighted by molar-refractivity contribution is 8.00. The lowest BCUT2D eigenvalue weighted by atomic mass is 9.98. The Morgan fingerprint density at radius 2 is 1.68 bits per heavy atom. The van der Waals surface area contributed by atoms with Gasteiger partial charge in [-0.25, -0.2) is 13.9 Å². The highest BCUT2D eigenvalue weighted by Gasteiger charge is 2.50. The lowest BCUT2D eigenvalue weighted by Crippen LogP contribution is -2.57. The summed E-state index contributed by atoms with van der Waals surface area (Å²) in [6.45, 7) is 3.66. The van der Waals surface area contributed by atoms with E-state index in [1.165, 1.54) is 28.2 Å². The van der Waals surface area contributed by atoms with Crippen molar-refractivity contribution in [1.82, 2.24) is 9.79 Å². The van der Waals surface area contributed by atoms with Gasteiger partial charge < -0.3 is 0 Å². The molecule has 2 aromatic carbocycles. The first-order chi connectivity index (χ1) is 13.3. The van der Waals surface area contributed by atoms with Crippen LogP contribution in [0.3, 0.4) is 0 Å². The number of carbonyl (C=O) groups excluding carboxylic acids is 1. The molecule has 1 aliphatic rings. The average Bonchev–Trinajstić information content (AvgIpc) is 2.84. The van der Waals surface area contributed by atoms with Crippen molar-refractivity contribution in [1.29, 1.82) is 0 Å². The van der Waals surface area contributed by atoms with Crippen LogP contribution in [0.5, 0.6) is 0 Å². The van der Waals surface area contributed by atoms with E-state index in [1.807, 2.05) is 44.2 Å². The van der Waals surface area contributed by atoms with Gasteiger partial charge in [0.1, 0.15) is 6.04 Å². The Labute approximate surface area is 170 Å². The van der Waals surface area contributed by atoms with Crippen LogP contribution in [0.25, 0.3) is 0 Å². The molecule has 8 heteroatoms. The number of amides is 1. The number of hydrogen-bond acceptors (Lipinski definition) is 5. The van der Waals surface area contributed by atoms with Gasteiger partial charge in [0.15, 0.2) is 0 Å². The SMILES string of the molecule is CC1(C)SCCC(c2ccccc2)N(S(=O)(=O)c2ccccc2)C1C(=O)NO. The minimum Gasteiger partial charge on any atom is -0.289 e. The molecule has 0 radical (unpaired) electrons. The van der Waals surface area contributed by atoms with E-state index in [2.05, 4.69) is 0 Å². The molecule has 0 bridgehead atoms. The molecule has 0 saturated carbocycles. The molecular weight excluding hydrogens is 396 g/mol. The van der Waals surface area contributed by atoms with Gasteiger partial charge in [-0.15, -0.1) is 0 Å². The van der Waals surface area contributed by atoms with E-state index in [0.717, 1.165) is 5.56 Å². The minimum absolute atomic E-state index is 0.120. The molecule has 0 aliphatic carbocycles. The number of hydrogen-bond donors (Lipinski definition) is 2. The third kappa shape index (κ3) is 3.96. The summed E-state index contributed by atoms with van der Waals surface area (Å²) in [5.74, 6) is -0.0531.